The Kier molecular flexibility index (Phi) is 10.9. The van der Waals surface area contributed by atoms with Crippen LogP contribution >= 0.6 is 0 Å². The van der Waals surface area contributed by atoms with Crippen LogP contribution in [0.3, 0.4) is 0 Å². The lowest BCUT2D eigenvalue weighted by molar-refractivity contribution is -0.137. The number of aromatic nitrogens is 2. The van der Waals surface area contributed by atoms with E-state index in [2.05, 4.69) is 15.7 Å². The Hall–Kier alpha value is -4.46. The minimum atomic E-state index is -0.403. The van der Waals surface area contributed by atoms with E-state index in [1.54, 1.807) is 25.1 Å². The van der Waals surface area contributed by atoms with Crippen LogP contribution in [0.5, 0.6) is 17.2 Å². The Morgan fingerprint density at radius 3 is 2.72 bits per heavy atom. The summed E-state index contributed by atoms with van der Waals surface area (Å²) in [4.78, 5) is 43.1. The fourth-order valence-electron chi connectivity index (χ4n) is 5.62. The van der Waals surface area contributed by atoms with Gasteiger partial charge in [-0.2, -0.15) is 5.10 Å². The molecule has 3 heterocycles. The molecule has 1 saturated heterocycles. The number of likely N-dealkylation sites (tertiary alicyclic amines) is 1. The number of nitrogens with zero attached hydrogens (tertiary/aromatic N) is 4. The summed E-state index contributed by atoms with van der Waals surface area (Å²) in [6.07, 6.45) is 1.87. The summed E-state index contributed by atoms with van der Waals surface area (Å²) in [7, 11) is 4.95. The van der Waals surface area contributed by atoms with Gasteiger partial charge in [0, 0.05) is 40.2 Å². The van der Waals surface area contributed by atoms with Gasteiger partial charge in [-0.1, -0.05) is 18.2 Å². The van der Waals surface area contributed by atoms with Crippen molar-refractivity contribution in [1.82, 2.24) is 24.9 Å². The number of aryl methyl sites for hydroxylation is 2. The van der Waals surface area contributed by atoms with Gasteiger partial charge in [0.2, 0.25) is 17.7 Å². The molecule has 2 atom stereocenters. The van der Waals surface area contributed by atoms with Gasteiger partial charge in [-0.05, 0) is 48.7 Å². The van der Waals surface area contributed by atoms with Crippen LogP contribution in [0.1, 0.15) is 23.2 Å². The highest BCUT2D eigenvalue weighted by Crippen LogP contribution is 2.33. The number of hydrogen-bond donors (Lipinski definition) is 2. The lowest BCUT2D eigenvalue weighted by Gasteiger charge is -2.25. The maximum atomic E-state index is 13.4. The molecule has 46 heavy (non-hydrogen) atoms. The highest BCUT2D eigenvalue weighted by atomic mass is 16.5. The number of nitrogens with one attached hydrogen (secondary N) is 2. The van der Waals surface area contributed by atoms with Gasteiger partial charge in [-0.3, -0.25) is 24.0 Å². The van der Waals surface area contributed by atoms with Gasteiger partial charge in [-0.25, -0.2) is 0 Å². The highest BCUT2D eigenvalue weighted by Gasteiger charge is 2.36. The summed E-state index contributed by atoms with van der Waals surface area (Å²) in [5.74, 6) is 1.06. The van der Waals surface area contributed by atoms with Crippen molar-refractivity contribution in [3.8, 4) is 17.2 Å². The minimum Gasteiger partial charge on any atom is -0.493 e. The van der Waals surface area contributed by atoms with E-state index in [0.717, 1.165) is 16.8 Å². The predicted molar refractivity (Wildman–Crippen MR) is 170 cm³/mol. The molecule has 1 aromatic heterocycles. The van der Waals surface area contributed by atoms with Gasteiger partial charge in [0.15, 0.2) is 11.5 Å². The summed E-state index contributed by atoms with van der Waals surface area (Å²) >= 11 is 0. The second-order valence-corrected chi connectivity index (χ2v) is 11.6. The molecule has 0 unspecified atom stereocenters. The molecular formula is C33H42N6O7. The van der Waals surface area contributed by atoms with Crippen molar-refractivity contribution < 1.29 is 33.3 Å². The first-order valence-electron chi connectivity index (χ1n) is 15.3. The molecule has 1 fully saturated rings. The van der Waals surface area contributed by atoms with Crippen molar-refractivity contribution in [3.63, 3.8) is 0 Å². The Morgan fingerprint density at radius 2 is 1.96 bits per heavy atom. The molecule has 4 bridgehead atoms. The van der Waals surface area contributed by atoms with Crippen LogP contribution in [-0.2, 0) is 43.9 Å². The van der Waals surface area contributed by atoms with Gasteiger partial charge in [-0.15, -0.1) is 0 Å². The summed E-state index contributed by atoms with van der Waals surface area (Å²) < 4.78 is 25.1. The maximum Gasteiger partial charge on any atom is 0.239 e. The molecule has 0 spiro atoms. The van der Waals surface area contributed by atoms with Crippen molar-refractivity contribution >= 4 is 23.4 Å². The molecule has 246 valence electrons. The Bertz CT molecular complexity index is 1540. The molecule has 0 radical (unpaired) electrons. The van der Waals surface area contributed by atoms with Gasteiger partial charge >= 0.3 is 0 Å². The van der Waals surface area contributed by atoms with Crippen LogP contribution in [0.2, 0.25) is 0 Å². The molecule has 2 aliphatic heterocycles. The van der Waals surface area contributed by atoms with Crippen LogP contribution in [-0.4, -0.2) is 103 Å². The number of carbonyl (C=O) groups excluding carboxylic acids is 3. The zero-order valence-corrected chi connectivity index (χ0v) is 26.8. The number of anilines is 1. The molecule has 3 aromatic rings. The molecule has 2 aliphatic rings. The van der Waals surface area contributed by atoms with Crippen molar-refractivity contribution in [2.24, 2.45) is 7.05 Å². The van der Waals surface area contributed by atoms with E-state index in [-0.39, 0.29) is 50.4 Å². The summed E-state index contributed by atoms with van der Waals surface area (Å²) in [6, 6.07) is 12.8. The molecule has 2 N–H and O–H groups in total. The average Bonchev–Trinajstić information content (AvgIpc) is 3.56. The highest BCUT2D eigenvalue weighted by molar-refractivity contribution is 5.92. The first kappa shape index (κ1) is 32.9. The average molecular weight is 635 g/mol. The van der Waals surface area contributed by atoms with Crippen LogP contribution in [0.25, 0.3) is 0 Å². The number of hydrogen-bond acceptors (Lipinski definition) is 9. The molecule has 13 heteroatoms. The molecular weight excluding hydrogens is 592 g/mol. The van der Waals surface area contributed by atoms with Crippen LogP contribution in [0.15, 0.2) is 48.7 Å². The van der Waals surface area contributed by atoms with Crippen LogP contribution < -0.4 is 20.1 Å². The molecule has 0 aliphatic carbocycles. The molecule has 2 aromatic carbocycles. The third-order valence-electron chi connectivity index (χ3n) is 8.26. The van der Waals surface area contributed by atoms with Crippen molar-refractivity contribution in [3.05, 3.63) is 65.5 Å². The number of rotatable bonds is 7. The van der Waals surface area contributed by atoms with Crippen LogP contribution in [0.4, 0.5) is 5.69 Å². The lowest BCUT2D eigenvalue weighted by atomic mass is 10.1. The Balaban J connectivity index is 1.36. The Labute approximate surface area is 268 Å². The third-order valence-corrected chi connectivity index (χ3v) is 8.26. The topological polar surface area (TPSA) is 136 Å². The molecule has 3 amide bonds. The SMILES string of the molecule is COCCN1CC(=O)N[C@H]2CN(CC(=O)Nc3cnn(C)c3C)C[C@@H]2OCc2cccc(c2)Oc2cc(ccc2OC)CCC1=O. The fraction of sp³-hybridized carbons (Fsp3) is 0.455. The normalized spacial score (nSPS) is 19.4. The molecule has 5 rings (SSSR count). The largest absolute Gasteiger partial charge is 0.493 e. The quantitative estimate of drug-likeness (QED) is 0.401. The summed E-state index contributed by atoms with van der Waals surface area (Å²) in [5, 5.41) is 10.2. The van der Waals surface area contributed by atoms with E-state index in [1.807, 2.05) is 61.3 Å². The first-order chi connectivity index (χ1) is 22.2. The number of amides is 3. The van der Waals surface area contributed by atoms with Gasteiger partial charge in [0.1, 0.15) is 5.75 Å². The van der Waals surface area contributed by atoms with Crippen molar-refractivity contribution in [1.29, 1.82) is 0 Å². The van der Waals surface area contributed by atoms with E-state index >= 15 is 0 Å². The lowest BCUT2D eigenvalue weighted by Crippen LogP contribution is -2.49. The van der Waals surface area contributed by atoms with Crippen molar-refractivity contribution in [2.45, 2.75) is 38.5 Å². The number of carbonyl (C=O) groups is 3. The summed E-state index contributed by atoms with van der Waals surface area (Å²) in [5.41, 5.74) is 3.29. The predicted octanol–water partition coefficient (Wildman–Crippen LogP) is 2.27. The zero-order valence-electron chi connectivity index (χ0n) is 26.8. The number of ether oxygens (including phenoxy) is 4. The van der Waals surface area contributed by atoms with Crippen LogP contribution in [0, 0.1) is 6.92 Å². The minimum absolute atomic E-state index is 0.114. The molecule has 0 saturated carbocycles. The fourth-order valence-corrected chi connectivity index (χ4v) is 5.62. The first-order valence-corrected chi connectivity index (χ1v) is 15.3. The van der Waals surface area contributed by atoms with E-state index in [0.29, 0.717) is 49.1 Å². The molecule has 13 nitrogen and oxygen atoms in total. The van der Waals surface area contributed by atoms with E-state index < -0.39 is 12.1 Å². The third kappa shape index (κ3) is 8.42. The van der Waals surface area contributed by atoms with E-state index in [9.17, 15) is 14.4 Å². The number of fused-ring (bicyclic) bond motifs is 5. The van der Waals surface area contributed by atoms with E-state index in [1.165, 1.54) is 4.90 Å². The standard InChI is InChI=1S/C33H42N6O7/c1-22-26(16-34-37(22)2)35-31(40)19-38-17-27-30(18-38)45-21-24-6-5-7-25(14-24)46-29-15-23(8-10-28(29)44-4)9-11-33(42)39(12-13-43-3)20-32(41)36-27/h5-8,10,14-16,27,30H,9,11-13,17-21H2,1-4H3,(H,35,40)(H,36,41)/t27-,30-/m0/s1. The number of methoxy groups -OCH3 is 2. The monoisotopic (exact) mass is 634 g/mol. The second-order valence-electron chi connectivity index (χ2n) is 11.6. The van der Waals surface area contributed by atoms with E-state index in [4.69, 9.17) is 18.9 Å². The van der Waals surface area contributed by atoms with Gasteiger partial charge < -0.3 is 34.5 Å². The zero-order chi connectivity index (χ0) is 32.6. The van der Waals surface area contributed by atoms with Gasteiger partial charge in [0.25, 0.3) is 0 Å². The second kappa shape index (κ2) is 15.2. The summed E-state index contributed by atoms with van der Waals surface area (Å²) in [6.45, 7) is 3.54. The number of benzene rings is 2. The van der Waals surface area contributed by atoms with Crippen molar-refractivity contribution in [2.75, 3.05) is 58.9 Å². The Morgan fingerprint density at radius 1 is 1.11 bits per heavy atom. The van der Waals surface area contributed by atoms with Gasteiger partial charge in [0.05, 0.1) is 63.1 Å². The maximum absolute atomic E-state index is 13.4. The smallest absolute Gasteiger partial charge is 0.239 e.